The highest BCUT2D eigenvalue weighted by molar-refractivity contribution is 7.22. The van der Waals surface area contributed by atoms with Crippen molar-refractivity contribution >= 4 is 44.1 Å². The van der Waals surface area contributed by atoms with E-state index in [1.807, 2.05) is 25.4 Å². The van der Waals surface area contributed by atoms with Crippen molar-refractivity contribution in [3.8, 4) is 0 Å². The van der Waals surface area contributed by atoms with E-state index in [1.54, 1.807) is 11.3 Å². The fraction of sp³-hybridized carbons (Fsp3) is 0.370. The lowest BCUT2D eigenvalue weighted by molar-refractivity contribution is 0.153. The molecule has 0 radical (unpaired) electrons. The van der Waals surface area contributed by atoms with Gasteiger partial charge < -0.3 is 15.1 Å². The molecular weight excluding hydrogens is 454 g/mol. The zero-order valence-electron chi connectivity index (χ0n) is 20.7. The third-order valence-corrected chi connectivity index (χ3v) is 7.51. The fourth-order valence-electron chi connectivity index (χ4n) is 4.39. The smallest absolute Gasteiger partial charge is 0.198 e. The molecule has 1 N–H and O–H groups in total. The molecule has 35 heavy (non-hydrogen) atoms. The summed E-state index contributed by atoms with van der Waals surface area (Å²) in [5.74, 6) is 1.73. The number of benzene rings is 1. The van der Waals surface area contributed by atoms with Crippen LogP contribution < -0.4 is 10.2 Å². The van der Waals surface area contributed by atoms with Gasteiger partial charge in [0.1, 0.15) is 22.0 Å². The molecule has 1 aliphatic rings. The van der Waals surface area contributed by atoms with Crippen LogP contribution in [0.4, 0.5) is 22.5 Å². The number of fused-ring (bicyclic) bond motifs is 1. The molecule has 5 rings (SSSR count). The van der Waals surface area contributed by atoms with E-state index in [4.69, 9.17) is 15.0 Å². The summed E-state index contributed by atoms with van der Waals surface area (Å²) in [6.07, 6.45) is 4.11. The maximum absolute atomic E-state index is 4.93. The number of pyridine rings is 2. The first-order valence-electron chi connectivity index (χ1n) is 12.3. The standard InChI is InChI=1S/C27H33N7S/c1-20-6-8-22(9-7-20)34(27-30-23-10-11-24(28-2)31-26(23)35-27)25-19-21(12-13-29-25)5-4-14-33-17-15-32(3)16-18-33/h6-13,19H,4-5,14-18H2,1-3H3,(H,28,31). The number of anilines is 4. The number of thiazole rings is 1. The van der Waals surface area contributed by atoms with E-state index in [-0.39, 0.29) is 0 Å². The lowest BCUT2D eigenvalue weighted by Crippen LogP contribution is -2.44. The highest BCUT2D eigenvalue weighted by atomic mass is 32.1. The van der Waals surface area contributed by atoms with E-state index in [0.717, 1.165) is 65.3 Å². The fourth-order valence-corrected chi connectivity index (χ4v) is 5.36. The summed E-state index contributed by atoms with van der Waals surface area (Å²) in [4.78, 5) is 22.4. The Balaban J connectivity index is 1.40. The molecule has 0 unspecified atom stereocenters. The van der Waals surface area contributed by atoms with Gasteiger partial charge in [0.2, 0.25) is 0 Å². The normalized spacial score (nSPS) is 14.9. The van der Waals surface area contributed by atoms with Gasteiger partial charge in [-0.05, 0) is 75.3 Å². The SMILES string of the molecule is CNc1ccc2nc(N(c3ccc(C)cc3)c3cc(CCCN4CCN(C)CC4)ccn3)sc2n1. The maximum atomic E-state index is 4.93. The molecule has 1 fully saturated rings. The molecule has 1 aliphatic heterocycles. The molecule has 1 saturated heterocycles. The topological polar surface area (TPSA) is 60.4 Å². The largest absolute Gasteiger partial charge is 0.373 e. The lowest BCUT2D eigenvalue weighted by atomic mass is 10.1. The molecule has 4 aromatic rings. The Morgan fingerprint density at radius 3 is 2.57 bits per heavy atom. The van der Waals surface area contributed by atoms with Gasteiger partial charge in [-0.3, -0.25) is 4.90 Å². The number of rotatable bonds is 8. The second kappa shape index (κ2) is 10.7. The summed E-state index contributed by atoms with van der Waals surface area (Å²) in [7, 11) is 4.09. The molecule has 182 valence electrons. The zero-order chi connectivity index (χ0) is 24.2. The van der Waals surface area contributed by atoms with Crippen molar-refractivity contribution in [2.24, 2.45) is 0 Å². The Morgan fingerprint density at radius 2 is 1.80 bits per heavy atom. The van der Waals surface area contributed by atoms with Crippen LogP contribution in [0.25, 0.3) is 10.3 Å². The number of hydrogen-bond donors (Lipinski definition) is 1. The molecule has 0 amide bonds. The van der Waals surface area contributed by atoms with Gasteiger partial charge in [0.25, 0.3) is 0 Å². The summed E-state index contributed by atoms with van der Waals surface area (Å²) in [5.41, 5.74) is 4.47. The van der Waals surface area contributed by atoms with Crippen LogP contribution in [-0.2, 0) is 6.42 Å². The van der Waals surface area contributed by atoms with Gasteiger partial charge in [0.05, 0.1) is 0 Å². The number of piperazine rings is 1. The first-order valence-corrected chi connectivity index (χ1v) is 13.1. The molecule has 0 atom stereocenters. The minimum Gasteiger partial charge on any atom is -0.373 e. The van der Waals surface area contributed by atoms with Crippen LogP contribution in [0.3, 0.4) is 0 Å². The van der Waals surface area contributed by atoms with Gasteiger partial charge in [0.15, 0.2) is 5.13 Å². The van der Waals surface area contributed by atoms with E-state index >= 15 is 0 Å². The Kier molecular flexibility index (Phi) is 7.22. The quantitative estimate of drug-likeness (QED) is 0.372. The van der Waals surface area contributed by atoms with Crippen molar-refractivity contribution in [3.63, 3.8) is 0 Å². The predicted octanol–water partition coefficient (Wildman–Crippen LogP) is 5.09. The van der Waals surface area contributed by atoms with E-state index < -0.39 is 0 Å². The average molecular weight is 488 g/mol. The van der Waals surface area contributed by atoms with Crippen LogP contribution in [0.2, 0.25) is 0 Å². The second-order valence-electron chi connectivity index (χ2n) is 9.21. The molecule has 7 nitrogen and oxygen atoms in total. The number of nitrogens with one attached hydrogen (secondary N) is 1. The van der Waals surface area contributed by atoms with E-state index in [9.17, 15) is 0 Å². The highest BCUT2D eigenvalue weighted by Gasteiger charge is 2.19. The molecule has 0 bridgehead atoms. The van der Waals surface area contributed by atoms with Gasteiger partial charge in [-0.25, -0.2) is 15.0 Å². The van der Waals surface area contributed by atoms with Crippen LogP contribution in [0.1, 0.15) is 17.5 Å². The predicted molar refractivity (Wildman–Crippen MR) is 146 cm³/mol. The molecule has 1 aromatic carbocycles. The number of hydrogen-bond acceptors (Lipinski definition) is 8. The third kappa shape index (κ3) is 5.61. The van der Waals surface area contributed by atoms with Gasteiger partial charge in [-0.2, -0.15) is 0 Å². The molecule has 0 aliphatic carbocycles. The summed E-state index contributed by atoms with van der Waals surface area (Å²) < 4.78 is 0. The second-order valence-corrected chi connectivity index (χ2v) is 10.2. The van der Waals surface area contributed by atoms with Crippen LogP contribution in [-0.4, -0.2) is 71.6 Å². The Labute approximate surface area is 211 Å². The first-order chi connectivity index (χ1) is 17.1. The van der Waals surface area contributed by atoms with Crippen LogP contribution in [0.5, 0.6) is 0 Å². The van der Waals surface area contributed by atoms with Crippen molar-refractivity contribution in [1.29, 1.82) is 0 Å². The third-order valence-electron chi connectivity index (χ3n) is 6.56. The monoisotopic (exact) mass is 487 g/mol. The van der Waals surface area contributed by atoms with Crippen LogP contribution >= 0.6 is 11.3 Å². The van der Waals surface area contributed by atoms with E-state index in [0.29, 0.717) is 0 Å². The van der Waals surface area contributed by atoms with Gasteiger partial charge >= 0.3 is 0 Å². The molecular formula is C27H33N7S. The van der Waals surface area contributed by atoms with Gasteiger partial charge in [-0.15, -0.1) is 0 Å². The number of aromatic nitrogens is 3. The van der Waals surface area contributed by atoms with E-state index in [2.05, 4.69) is 70.4 Å². The van der Waals surface area contributed by atoms with Crippen molar-refractivity contribution in [2.45, 2.75) is 19.8 Å². The number of likely N-dealkylation sites (N-methyl/N-ethyl adjacent to an activating group) is 1. The van der Waals surface area contributed by atoms with Crippen LogP contribution in [0, 0.1) is 6.92 Å². The van der Waals surface area contributed by atoms with Crippen molar-refractivity contribution in [1.82, 2.24) is 24.8 Å². The van der Waals surface area contributed by atoms with E-state index in [1.165, 1.54) is 24.2 Å². The lowest BCUT2D eigenvalue weighted by Gasteiger charge is -2.32. The number of nitrogens with zero attached hydrogens (tertiary/aromatic N) is 6. The van der Waals surface area contributed by atoms with Crippen molar-refractivity contribution < 1.29 is 0 Å². The molecule has 0 spiro atoms. The highest BCUT2D eigenvalue weighted by Crippen LogP contribution is 2.38. The average Bonchev–Trinajstić information content (AvgIpc) is 3.29. The Hall–Kier alpha value is -3.07. The molecule has 0 saturated carbocycles. The summed E-state index contributed by atoms with van der Waals surface area (Å²) >= 11 is 1.58. The molecule has 3 aromatic heterocycles. The molecule has 4 heterocycles. The van der Waals surface area contributed by atoms with Crippen molar-refractivity contribution in [2.75, 3.05) is 57.0 Å². The Morgan fingerprint density at radius 1 is 1.00 bits per heavy atom. The summed E-state index contributed by atoms with van der Waals surface area (Å²) in [6.45, 7) is 7.91. The first kappa shape index (κ1) is 23.7. The Bertz CT molecular complexity index is 1260. The maximum Gasteiger partial charge on any atom is 0.198 e. The van der Waals surface area contributed by atoms with Gasteiger partial charge in [0, 0.05) is 45.1 Å². The summed E-state index contributed by atoms with van der Waals surface area (Å²) in [6, 6.07) is 16.9. The minimum absolute atomic E-state index is 0.843. The molecule has 8 heteroatoms. The minimum atomic E-state index is 0.843. The van der Waals surface area contributed by atoms with Crippen molar-refractivity contribution in [3.05, 3.63) is 65.9 Å². The number of aryl methyl sites for hydroxylation is 2. The summed E-state index contributed by atoms with van der Waals surface area (Å²) in [5, 5.41) is 3.98. The zero-order valence-corrected chi connectivity index (χ0v) is 21.6. The van der Waals surface area contributed by atoms with Gasteiger partial charge in [-0.1, -0.05) is 29.0 Å². The van der Waals surface area contributed by atoms with Crippen LogP contribution in [0.15, 0.2) is 54.7 Å².